The molecule has 1 N–H and O–H groups in total. The monoisotopic (exact) mass is 403 g/mol. The third kappa shape index (κ3) is 3.52. The summed E-state index contributed by atoms with van der Waals surface area (Å²) in [5.74, 6) is 0.431. The van der Waals surface area contributed by atoms with Crippen LogP contribution in [0.5, 0.6) is 0 Å². The van der Waals surface area contributed by atoms with Gasteiger partial charge in [0.1, 0.15) is 5.84 Å². The van der Waals surface area contributed by atoms with Crippen LogP contribution in [-0.4, -0.2) is 59.4 Å². The maximum absolute atomic E-state index is 11.6. The summed E-state index contributed by atoms with van der Waals surface area (Å²) in [6, 6.07) is 13.2. The molecule has 2 heterocycles. The summed E-state index contributed by atoms with van der Waals surface area (Å²) in [6.45, 7) is 8.49. The number of fused-ring (bicyclic) bond motifs is 2. The molecular formula is C25H29N3O2. The zero-order valence-electron chi connectivity index (χ0n) is 17.8. The number of piperazine rings is 1. The predicted octanol–water partition coefficient (Wildman–Crippen LogP) is 3.77. The normalized spacial score (nSPS) is 20.1. The van der Waals surface area contributed by atoms with Gasteiger partial charge in [0.15, 0.2) is 0 Å². The topological polar surface area (TPSA) is 56.1 Å². The van der Waals surface area contributed by atoms with Gasteiger partial charge in [-0.05, 0) is 43.9 Å². The van der Waals surface area contributed by atoms with Crippen LogP contribution in [0.25, 0.3) is 0 Å². The van der Waals surface area contributed by atoms with Crippen LogP contribution in [0.1, 0.15) is 40.7 Å². The number of rotatable bonds is 3. The van der Waals surface area contributed by atoms with Gasteiger partial charge in [0.05, 0.1) is 11.1 Å². The Bertz CT molecular complexity index is 1030. The van der Waals surface area contributed by atoms with Crippen LogP contribution in [-0.2, 0) is 11.2 Å². The van der Waals surface area contributed by atoms with E-state index in [4.69, 9.17) is 4.99 Å². The lowest BCUT2D eigenvalue weighted by molar-refractivity contribution is -0.144. The zero-order chi connectivity index (χ0) is 20.9. The maximum atomic E-state index is 11.6. The van der Waals surface area contributed by atoms with Crippen molar-refractivity contribution < 1.29 is 9.90 Å². The van der Waals surface area contributed by atoms with Gasteiger partial charge in [0, 0.05) is 44.7 Å². The number of aryl methyl sites for hydroxylation is 2. The van der Waals surface area contributed by atoms with E-state index in [0.717, 1.165) is 57.0 Å². The fourth-order valence-corrected chi connectivity index (χ4v) is 4.81. The van der Waals surface area contributed by atoms with Crippen LogP contribution in [0, 0.1) is 19.3 Å². The van der Waals surface area contributed by atoms with Crippen molar-refractivity contribution in [2.45, 2.75) is 33.1 Å². The van der Waals surface area contributed by atoms with Gasteiger partial charge in [-0.1, -0.05) is 41.5 Å². The van der Waals surface area contributed by atoms with Gasteiger partial charge < -0.3 is 10.0 Å². The molecule has 3 aliphatic rings. The quantitative estimate of drug-likeness (QED) is 0.848. The third-order valence-corrected chi connectivity index (χ3v) is 6.85. The Morgan fingerprint density at radius 1 is 1.00 bits per heavy atom. The highest BCUT2D eigenvalue weighted by molar-refractivity contribution is 6.02. The molecule has 0 unspecified atom stereocenters. The number of carboxylic acid groups (broad SMARTS) is 1. The zero-order valence-corrected chi connectivity index (χ0v) is 17.8. The molecule has 156 valence electrons. The molecule has 2 aromatic carbocycles. The van der Waals surface area contributed by atoms with E-state index in [0.29, 0.717) is 6.54 Å². The summed E-state index contributed by atoms with van der Waals surface area (Å²) < 4.78 is 0. The van der Waals surface area contributed by atoms with Crippen molar-refractivity contribution in [3.05, 3.63) is 64.2 Å². The molecule has 0 aromatic heterocycles. The predicted molar refractivity (Wildman–Crippen MR) is 119 cm³/mol. The van der Waals surface area contributed by atoms with Crippen molar-refractivity contribution in [1.82, 2.24) is 9.80 Å². The Hall–Kier alpha value is -2.66. The molecule has 5 heteroatoms. The van der Waals surface area contributed by atoms with Gasteiger partial charge in [-0.2, -0.15) is 0 Å². The number of benzene rings is 2. The van der Waals surface area contributed by atoms with Gasteiger partial charge >= 0.3 is 5.97 Å². The van der Waals surface area contributed by atoms with E-state index in [1.807, 2.05) is 0 Å². The van der Waals surface area contributed by atoms with Gasteiger partial charge in [-0.3, -0.25) is 9.69 Å². The lowest BCUT2D eigenvalue weighted by Gasteiger charge is -2.37. The summed E-state index contributed by atoms with van der Waals surface area (Å²) in [5, 5.41) is 9.51. The van der Waals surface area contributed by atoms with Crippen molar-refractivity contribution in [2.24, 2.45) is 10.4 Å². The molecule has 1 saturated carbocycles. The minimum absolute atomic E-state index is 0.483. The van der Waals surface area contributed by atoms with E-state index < -0.39 is 11.4 Å². The van der Waals surface area contributed by atoms with Gasteiger partial charge in [0.2, 0.25) is 0 Å². The molecule has 0 radical (unpaired) electrons. The van der Waals surface area contributed by atoms with Crippen molar-refractivity contribution >= 4 is 17.5 Å². The number of hydrogen-bond acceptors (Lipinski definition) is 4. The van der Waals surface area contributed by atoms with Crippen LogP contribution in [0.2, 0.25) is 0 Å². The molecule has 5 nitrogen and oxygen atoms in total. The van der Waals surface area contributed by atoms with Crippen LogP contribution in [0.4, 0.5) is 5.69 Å². The number of aliphatic carboxylic acids is 1. The molecule has 1 aliphatic carbocycles. The highest BCUT2D eigenvalue weighted by Crippen LogP contribution is 2.46. The van der Waals surface area contributed by atoms with E-state index in [-0.39, 0.29) is 0 Å². The second kappa shape index (κ2) is 7.24. The smallest absolute Gasteiger partial charge is 0.310 e. The molecule has 5 rings (SSSR count). The average Bonchev–Trinajstić information content (AvgIpc) is 3.51. The number of nitrogens with zero attached hydrogens (tertiary/aromatic N) is 3. The van der Waals surface area contributed by atoms with Gasteiger partial charge in [0.25, 0.3) is 0 Å². The Kier molecular flexibility index (Phi) is 4.66. The summed E-state index contributed by atoms with van der Waals surface area (Å²) >= 11 is 0. The van der Waals surface area contributed by atoms with Crippen LogP contribution >= 0.6 is 0 Å². The van der Waals surface area contributed by atoms with Gasteiger partial charge in [-0.25, -0.2) is 4.99 Å². The molecule has 0 atom stereocenters. The fourth-order valence-electron chi connectivity index (χ4n) is 4.81. The molecule has 2 aromatic rings. The van der Waals surface area contributed by atoms with Crippen LogP contribution in [0.15, 0.2) is 41.4 Å². The van der Waals surface area contributed by atoms with Crippen LogP contribution < -0.4 is 0 Å². The summed E-state index contributed by atoms with van der Waals surface area (Å²) in [5.41, 5.74) is 6.97. The minimum Gasteiger partial charge on any atom is -0.481 e. The fraction of sp³-hybridized carbons (Fsp3) is 0.440. The Labute approximate surface area is 178 Å². The number of amidine groups is 1. The molecule has 0 spiro atoms. The minimum atomic E-state index is -0.630. The van der Waals surface area contributed by atoms with E-state index in [2.05, 4.69) is 60.0 Å². The first kappa shape index (κ1) is 19.3. The first-order chi connectivity index (χ1) is 14.4. The van der Waals surface area contributed by atoms with Crippen molar-refractivity contribution in [2.75, 3.05) is 32.7 Å². The summed E-state index contributed by atoms with van der Waals surface area (Å²) in [7, 11) is 0. The highest BCUT2D eigenvalue weighted by atomic mass is 16.4. The standard InChI is InChI=1S/C25H29N3O2/c1-17-3-5-21-19(13-17)15-20-14-18(2)4-6-22(20)26-23(21)28-11-9-27(10-12-28)16-25(7-8-25)24(29)30/h3-6,13-14H,7-12,15-16H2,1-2H3,(H,29,30). The molecule has 0 amide bonds. The number of hydrogen-bond donors (Lipinski definition) is 1. The molecular weight excluding hydrogens is 374 g/mol. The first-order valence-corrected chi connectivity index (χ1v) is 10.9. The SMILES string of the molecule is Cc1ccc2c(c1)Cc1cc(C)ccc1C(N1CCN(CC3(C(=O)O)CC3)CC1)=N2. The van der Waals surface area contributed by atoms with E-state index in [9.17, 15) is 9.90 Å². The second-order valence-corrected chi connectivity index (χ2v) is 9.25. The molecule has 1 saturated heterocycles. The number of carbonyl (C=O) groups is 1. The van der Waals surface area contributed by atoms with Crippen LogP contribution in [0.3, 0.4) is 0 Å². The summed E-state index contributed by atoms with van der Waals surface area (Å²) in [4.78, 5) is 21.4. The molecule has 2 aliphatic heterocycles. The van der Waals surface area contributed by atoms with Gasteiger partial charge in [-0.15, -0.1) is 0 Å². The molecule has 30 heavy (non-hydrogen) atoms. The molecule has 2 fully saturated rings. The Morgan fingerprint density at radius 3 is 2.33 bits per heavy atom. The Morgan fingerprint density at radius 2 is 1.67 bits per heavy atom. The second-order valence-electron chi connectivity index (χ2n) is 9.25. The number of carboxylic acids is 1. The lowest BCUT2D eigenvalue weighted by Crippen LogP contribution is -2.51. The largest absolute Gasteiger partial charge is 0.481 e. The summed E-state index contributed by atoms with van der Waals surface area (Å²) in [6.07, 6.45) is 2.54. The van der Waals surface area contributed by atoms with E-state index in [1.165, 1.54) is 27.8 Å². The lowest BCUT2D eigenvalue weighted by atomic mass is 9.96. The highest BCUT2D eigenvalue weighted by Gasteiger charge is 2.51. The first-order valence-electron chi connectivity index (χ1n) is 10.9. The average molecular weight is 404 g/mol. The van der Waals surface area contributed by atoms with Crippen molar-refractivity contribution in [3.63, 3.8) is 0 Å². The molecule has 0 bridgehead atoms. The Balaban J connectivity index is 1.42. The van der Waals surface area contributed by atoms with E-state index in [1.54, 1.807) is 0 Å². The van der Waals surface area contributed by atoms with Crippen molar-refractivity contribution in [1.29, 1.82) is 0 Å². The van der Waals surface area contributed by atoms with E-state index >= 15 is 0 Å². The number of aliphatic imine (C=N–C) groups is 1. The third-order valence-electron chi connectivity index (χ3n) is 6.85. The van der Waals surface area contributed by atoms with Crippen molar-refractivity contribution in [3.8, 4) is 0 Å². The maximum Gasteiger partial charge on any atom is 0.310 e.